The SMILES string of the molecule is CNc1cc(N2CCN(C)CC2)c(F)c(C(F)(F)F)c1.Cc1ccc(C=O)cc1N(N)/C=C(\N)c1cnn(C)c1C. The lowest BCUT2D eigenvalue weighted by atomic mass is 10.1. The largest absolute Gasteiger partial charge is 0.419 e. The van der Waals surface area contributed by atoms with Gasteiger partial charge in [0.05, 0.1) is 28.8 Å². The number of benzene rings is 2. The van der Waals surface area contributed by atoms with Gasteiger partial charge in [-0.25, -0.2) is 10.2 Å². The number of piperazine rings is 1. The fraction of sp³-hybridized carbons (Fsp3) is 0.357. The van der Waals surface area contributed by atoms with Crippen molar-refractivity contribution in [2.45, 2.75) is 20.0 Å². The van der Waals surface area contributed by atoms with Crippen molar-refractivity contribution in [1.29, 1.82) is 0 Å². The van der Waals surface area contributed by atoms with Crippen LogP contribution in [-0.4, -0.2) is 61.2 Å². The Labute approximate surface area is 237 Å². The Morgan fingerprint density at radius 3 is 2.29 bits per heavy atom. The van der Waals surface area contributed by atoms with Crippen LogP contribution < -0.4 is 26.8 Å². The molecule has 0 saturated carbocycles. The molecule has 0 bridgehead atoms. The quantitative estimate of drug-likeness (QED) is 0.174. The second kappa shape index (κ2) is 13.0. The molecular formula is C28H36F4N8O. The standard InChI is InChI=1S/C15H19N5O.C13H17F4N3/c1-10-4-5-12(9-21)6-15(10)20(17)8-14(16)13-7-18-19(3)11(13)2;1-18-9-7-10(13(15,16)17)12(14)11(8-9)20-5-3-19(2)4-6-20/h4-9H,16-17H2,1-3H3;7-8,18H,3-6H2,1-2H3/b14-8-;. The normalized spacial score (nSPS) is 14.4. The van der Waals surface area contributed by atoms with E-state index in [2.05, 4.69) is 15.3 Å². The molecule has 2 aromatic carbocycles. The fourth-order valence-electron chi connectivity index (χ4n) is 4.29. The van der Waals surface area contributed by atoms with Gasteiger partial charge in [0, 0.05) is 69.0 Å². The average molecular weight is 577 g/mol. The number of likely N-dealkylation sites (N-methyl/N-ethyl adjacent to an activating group) is 1. The molecule has 1 fully saturated rings. The van der Waals surface area contributed by atoms with Gasteiger partial charge in [-0.15, -0.1) is 0 Å². The van der Waals surface area contributed by atoms with E-state index in [9.17, 15) is 22.4 Å². The number of carbonyl (C=O) groups is 1. The number of alkyl halides is 3. The first kappa shape index (κ1) is 31.4. The minimum Gasteiger partial charge on any atom is -0.397 e. The highest BCUT2D eigenvalue weighted by atomic mass is 19.4. The number of aryl methyl sites for hydroxylation is 2. The summed E-state index contributed by atoms with van der Waals surface area (Å²) in [4.78, 5) is 14.6. The lowest BCUT2D eigenvalue weighted by molar-refractivity contribution is -0.139. The highest BCUT2D eigenvalue weighted by Crippen LogP contribution is 2.38. The summed E-state index contributed by atoms with van der Waals surface area (Å²) in [6.45, 7) is 6.27. The summed E-state index contributed by atoms with van der Waals surface area (Å²) in [7, 11) is 5.30. The van der Waals surface area contributed by atoms with Crippen LogP contribution in [0.25, 0.3) is 5.70 Å². The number of halogens is 4. The van der Waals surface area contributed by atoms with Crippen molar-refractivity contribution in [1.82, 2.24) is 14.7 Å². The number of nitrogens with one attached hydrogen (secondary N) is 1. The van der Waals surface area contributed by atoms with Crippen molar-refractivity contribution >= 4 is 29.0 Å². The summed E-state index contributed by atoms with van der Waals surface area (Å²) < 4.78 is 54.5. The molecule has 0 aliphatic carbocycles. The van der Waals surface area contributed by atoms with Crippen LogP contribution in [0.1, 0.15) is 32.7 Å². The average Bonchev–Trinajstić information content (AvgIpc) is 3.27. The van der Waals surface area contributed by atoms with Gasteiger partial charge in [-0.2, -0.15) is 18.3 Å². The Kier molecular flexibility index (Phi) is 10.00. The van der Waals surface area contributed by atoms with Crippen LogP contribution in [-0.2, 0) is 13.2 Å². The molecule has 9 nitrogen and oxygen atoms in total. The number of hydrogen-bond donors (Lipinski definition) is 3. The Bertz CT molecular complexity index is 1390. The zero-order valence-electron chi connectivity index (χ0n) is 23.8. The van der Waals surface area contributed by atoms with E-state index in [1.165, 1.54) is 18.1 Å². The molecule has 13 heteroatoms. The third-order valence-corrected chi connectivity index (χ3v) is 6.96. The van der Waals surface area contributed by atoms with Crippen LogP contribution in [0.15, 0.2) is 42.7 Å². The minimum absolute atomic E-state index is 0.0114. The second-order valence-electron chi connectivity index (χ2n) is 9.82. The van der Waals surface area contributed by atoms with Gasteiger partial charge in [-0.05, 0) is 44.7 Å². The van der Waals surface area contributed by atoms with Gasteiger partial charge >= 0.3 is 6.18 Å². The van der Waals surface area contributed by atoms with Crippen molar-refractivity contribution in [3.8, 4) is 0 Å². The van der Waals surface area contributed by atoms with Crippen molar-refractivity contribution in [2.24, 2.45) is 18.6 Å². The molecule has 5 N–H and O–H groups in total. The first-order valence-corrected chi connectivity index (χ1v) is 12.8. The summed E-state index contributed by atoms with van der Waals surface area (Å²) in [5.74, 6) is 4.85. The molecule has 2 heterocycles. The summed E-state index contributed by atoms with van der Waals surface area (Å²) >= 11 is 0. The molecule has 1 aromatic heterocycles. The maximum absolute atomic E-state index is 14.2. The smallest absolute Gasteiger partial charge is 0.397 e. The highest BCUT2D eigenvalue weighted by molar-refractivity contribution is 5.78. The second-order valence-corrected chi connectivity index (χ2v) is 9.82. The molecule has 3 aromatic rings. The summed E-state index contributed by atoms with van der Waals surface area (Å²) in [5.41, 5.74) is 9.67. The van der Waals surface area contributed by atoms with Gasteiger partial charge in [-0.3, -0.25) is 14.5 Å². The molecule has 1 aliphatic rings. The molecule has 41 heavy (non-hydrogen) atoms. The molecule has 4 rings (SSSR count). The number of aromatic nitrogens is 2. The predicted molar refractivity (Wildman–Crippen MR) is 154 cm³/mol. The van der Waals surface area contributed by atoms with E-state index >= 15 is 0 Å². The van der Waals surface area contributed by atoms with Gasteiger partial charge < -0.3 is 20.9 Å². The van der Waals surface area contributed by atoms with Gasteiger partial charge in [0.2, 0.25) is 0 Å². The fourth-order valence-corrected chi connectivity index (χ4v) is 4.29. The van der Waals surface area contributed by atoms with Crippen LogP contribution in [0, 0.1) is 19.7 Å². The lowest BCUT2D eigenvalue weighted by Gasteiger charge is -2.34. The number of nitrogens with two attached hydrogens (primary N) is 2. The molecular weight excluding hydrogens is 540 g/mol. The number of anilines is 3. The Morgan fingerprint density at radius 2 is 1.76 bits per heavy atom. The van der Waals surface area contributed by atoms with E-state index in [0.717, 1.165) is 34.9 Å². The number of aldehydes is 1. The molecule has 0 amide bonds. The van der Waals surface area contributed by atoms with Crippen LogP contribution in [0.4, 0.5) is 34.6 Å². The maximum Gasteiger partial charge on any atom is 0.419 e. The van der Waals surface area contributed by atoms with E-state index in [1.54, 1.807) is 34.1 Å². The topological polar surface area (TPSA) is 109 Å². The van der Waals surface area contributed by atoms with Crippen LogP contribution in [0.5, 0.6) is 0 Å². The number of hydrazine groups is 1. The van der Waals surface area contributed by atoms with Gasteiger partial charge in [0.25, 0.3) is 0 Å². The first-order valence-electron chi connectivity index (χ1n) is 12.8. The first-order chi connectivity index (χ1) is 19.3. The Hall–Kier alpha value is -4.10. The van der Waals surface area contributed by atoms with Crippen LogP contribution in [0.2, 0.25) is 0 Å². The van der Waals surface area contributed by atoms with E-state index in [0.29, 0.717) is 37.4 Å². The minimum atomic E-state index is -4.70. The van der Waals surface area contributed by atoms with E-state index in [4.69, 9.17) is 11.6 Å². The number of hydrogen-bond acceptors (Lipinski definition) is 8. The zero-order chi connectivity index (χ0) is 30.5. The summed E-state index contributed by atoms with van der Waals surface area (Å²) in [6, 6.07) is 7.54. The molecule has 1 aliphatic heterocycles. The zero-order valence-corrected chi connectivity index (χ0v) is 23.8. The van der Waals surface area contributed by atoms with E-state index < -0.39 is 17.6 Å². The van der Waals surface area contributed by atoms with Gasteiger partial charge in [0.15, 0.2) is 5.82 Å². The summed E-state index contributed by atoms with van der Waals surface area (Å²) in [5, 5.41) is 8.22. The molecule has 0 radical (unpaired) electrons. The highest BCUT2D eigenvalue weighted by Gasteiger charge is 2.36. The van der Waals surface area contributed by atoms with Crippen LogP contribution >= 0.6 is 0 Å². The summed E-state index contributed by atoms with van der Waals surface area (Å²) in [6.07, 6.45) is -0.585. The predicted octanol–water partition coefficient (Wildman–Crippen LogP) is 4.12. The molecule has 0 unspecified atom stereocenters. The third kappa shape index (κ3) is 7.55. The van der Waals surface area contributed by atoms with Crippen LogP contribution in [0.3, 0.4) is 0 Å². The Balaban J connectivity index is 0.000000226. The van der Waals surface area contributed by atoms with E-state index in [1.807, 2.05) is 34.0 Å². The lowest BCUT2D eigenvalue weighted by Crippen LogP contribution is -2.45. The monoisotopic (exact) mass is 576 g/mol. The van der Waals surface area contributed by atoms with Crippen molar-refractivity contribution in [3.05, 3.63) is 76.5 Å². The maximum atomic E-state index is 14.2. The third-order valence-electron chi connectivity index (χ3n) is 6.96. The number of nitrogens with zero attached hydrogens (tertiary/aromatic N) is 5. The van der Waals surface area contributed by atoms with Gasteiger partial charge in [-0.1, -0.05) is 12.1 Å². The molecule has 222 valence electrons. The van der Waals surface area contributed by atoms with Crippen molar-refractivity contribution in [3.63, 3.8) is 0 Å². The Morgan fingerprint density at radius 1 is 1.10 bits per heavy atom. The molecule has 1 saturated heterocycles. The van der Waals surface area contributed by atoms with Crippen molar-refractivity contribution < 1.29 is 22.4 Å². The number of rotatable bonds is 6. The van der Waals surface area contributed by atoms with Crippen molar-refractivity contribution in [2.75, 3.05) is 55.5 Å². The van der Waals surface area contributed by atoms with E-state index in [-0.39, 0.29) is 11.4 Å². The van der Waals surface area contributed by atoms with Gasteiger partial charge in [0.1, 0.15) is 6.29 Å². The molecule has 0 atom stereocenters. The number of carbonyl (C=O) groups excluding carboxylic acids is 1. The molecule has 0 spiro atoms.